The normalized spacial score (nSPS) is 11.5. The summed E-state index contributed by atoms with van der Waals surface area (Å²) in [6.45, 7) is 0.654. The highest BCUT2D eigenvalue weighted by Gasteiger charge is 2.11. The van der Waals surface area contributed by atoms with E-state index in [0.29, 0.717) is 12.4 Å². The van der Waals surface area contributed by atoms with Crippen molar-refractivity contribution in [1.29, 1.82) is 0 Å². The van der Waals surface area contributed by atoms with Gasteiger partial charge in [-0.05, 0) is 41.2 Å². The van der Waals surface area contributed by atoms with Crippen LogP contribution in [0, 0.1) is 0 Å². The van der Waals surface area contributed by atoms with Crippen LogP contribution >= 0.6 is 27.3 Å². The molecule has 2 heterocycles. The average molecular weight is 362 g/mol. The van der Waals surface area contributed by atoms with Gasteiger partial charge in [0, 0.05) is 20.9 Å². The number of hydrogen-bond acceptors (Lipinski definition) is 5. The van der Waals surface area contributed by atoms with Crippen LogP contribution in [0.25, 0.3) is 0 Å². The maximum atomic E-state index is 11.5. The fraction of sp³-hybridized carbons (Fsp3) is 0.182. The number of nitrogens with one attached hydrogen (secondary N) is 2. The fourth-order valence-electron chi connectivity index (χ4n) is 1.39. The van der Waals surface area contributed by atoms with Crippen molar-refractivity contribution in [2.45, 2.75) is 11.4 Å². The molecule has 0 aliphatic heterocycles. The van der Waals surface area contributed by atoms with Crippen molar-refractivity contribution in [3.8, 4) is 0 Å². The van der Waals surface area contributed by atoms with Crippen LogP contribution in [-0.2, 0) is 16.6 Å². The molecule has 0 fully saturated rings. The van der Waals surface area contributed by atoms with Gasteiger partial charge in [-0.3, -0.25) is 0 Å². The van der Waals surface area contributed by atoms with E-state index in [4.69, 9.17) is 0 Å². The molecule has 0 radical (unpaired) electrons. The Hall–Kier alpha value is -0.960. The van der Waals surface area contributed by atoms with E-state index in [1.54, 1.807) is 17.4 Å². The summed E-state index contributed by atoms with van der Waals surface area (Å²) in [6, 6.07) is 5.19. The first-order valence-electron chi connectivity index (χ1n) is 5.37. The van der Waals surface area contributed by atoms with E-state index in [-0.39, 0.29) is 4.90 Å². The number of halogens is 1. The molecule has 2 aromatic heterocycles. The molecule has 0 aliphatic carbocycles. The van der Waals surface area contributed by atoms with Crippen LogP contribution in [0.5, 0.6) is 0 Å². The highest BCUT2D eigenvalue weighted by Crippen LogP contribution is 2.20. The number of sulfonamides is 1. The lowest BCUT2D eigenvalue weighted by atomic mass is 10.4. The second kappa shape index (κ2) is 6.00. The molecule has 2 N–H and O–H groups in total. The van der Waals surface area contributed by atoms with Crippen LogP contribution in [0.15, 0.2) is 39.1 Å². The topological polar surface area (TPSA) is 71.1 Å². The first-order chi connectivity index (χ1) is 9.01. The van der Waals surface area contributed by atoms with E-state index in [1.807, 2.05) is 11.4 Å². The third kappa shape index (κ3) is 3.75. The molecule has 0 unspecified atom stereocenters. The quantitative estimate of drug-likeness (QED) is 0.857. The van der Waals surface area contributed by atoms with Crippen LogP contribution in [-0.4, -0.2) is 20.4 Å². The van der Waals surface area contributed by atoms with E-state index in [1.165, 1.54) is 24.2 Å². The standard InChI is InChI=1S/C11H12BrN3O2S2/c1-13-19(16,17)10-2-3-11(15-6-10)14-5-9-4-8(12)7-18-9/h2-4,6-7,13H,5H2,1H3,(H,14,15). The highest BCUT2D eigenvalue weighted by atomic mass is 79.9. The van der Waals surface area contributed by atoms with Gasteiger partial charge in [-0.1, -0.05) is 0 Å². The lowest BCUT2D eigenvalue weighted by molar-refractivity contribution is 0.588. The minimum absolute atomic E-state index is 0.152. The Kier molecular flexibility index (Phi) is 4.56. The molecule has 5 nitrogen and oxygen atoms in total. The summed E-state index contributed by atoms with van der Waals surface area (Å²) in [6.07, 6.45) is 1.33. The number of rotatable bonds is 5. The molecule has 0 atom stereocenters. The molecule has 0 spiro atoms. The van der Waals surface area contributed by atoms with Crippen LogP contribution in [0.4, 0.5) is 5.82 Å². The van der Waals surface area contributed by atoms with Gasteiger partial charge in [0.2, 0.25) is 10.0 Å². The molecular formula is C11H12BrN3O2S2. The lowest BCUT2D eigenvalue weighted by Crippen LogP contribution is -2.18. The van der Waals surface area contributed by atoms with Crippen LogP contribution in [0.1, 0.15) is 4.88 Å². The van der Waals surface area contributed by atoms with E-state index in [2.05, 4.69) is 31.0 Å². The number of aromatic nitrogens is 1. The van der Waals surface area contributed by atoms with Crippen molar-refractivity contribution in [3.63, 3.8) is 0 Å². The van der Waals surface area contributed by atoms with E-state index < -0.39 is 10.0 Å². The Balaban J connectivity index is 2.03. The van der Waals surface area contributed by atoms with Crippen molar-refractivity contribution >= 4 is 43.1 Å². The van der Waals surface area contributed by atoms with Gasteiger partial charge in [0.25, 0.3) is 0 Å². The minimum atomic E-state index is -3.42. The lowest BCUT2D eigenvalue weighted by Gasteiger charge is -2.05. The molecule has 0 amide bonds. The Morgan fingerprint density at radius 2 is 2.21 bits per heavy atom. The third-order valence-electron chi connectivity index (χ3n) is 2.38. The second-order valence-electron chi connectivity index (χ2n) is 3.67. The predicted molar refractivity (Wildman–Crippen MR) is 79.8 cm³/mol. The average Bonchev–Trinajstić information content (AvgIpc) is 2.83. The molecule has 0 bridgehead atoms. The van der Waals surface area contributed by atoms with Crippen molar-refractivity contribution < 1.29 is 8.42 Å². The summed E-state index contributed by atoms with van der Waals surface area (Å²) in [5.41, 5.74) is 0. The summed E-state index contributed by atoms with van der Waals surface area (Å²) < 4.78 is 26.3. The number of thiophene rings is 1. The first kappa shape index (κ1) is 14.4. The largest absolute Gasteiger partial charge is 0.365 e. The minimum Gasteiger partial charge on any atom is -0.365 e. The SMILES string of the molecule is CNS(=O)(=O)c1ccc(NCc2cc(Br)cs2)nc1. The van der Waals surface area contributed by atoms with Crippen LogP contribution in [0.2, 0.25) is 0 Å². The van der Waals surface area contributed by atoms with Gasteiger partial charge >= 0.3 is 0 Å². The molecule has 102 valence electrons. The van der Waals surface area contributed by atoms with Gasteiger partial charge in [0.1, 0.15) is 10.7 Å². The molecule has 0 aliphatic rings. The van der Waals surface area contributed by atoms with Crippen molar-refractivity contribution in [2.75, 3.05) is 12.4 Å². The van der Waals surface area contributed by atoms with Crippen molar-refractivity contribution in [1.82, 2.24) is 9.71 Å². The van der Waals surface area contributed by atoms with Crippen LogP contribution in [0.3, 0.4) is 0 Å². The molecular weight excluding hydrogens is 350 g/mol. The van der Waals surface area contributed by atoms with E-state index in [9.17, 15) is 8.42 Å². The van der Waals surface area contributed by atoms with Crippen LogP contribution < -0.4 is 10.0 Å². The van der Waals surface area contributed by atoms with Gasteiger partial charge in [-0.2, -0.15) is 0 Å². The molecule has 2 rings (SSSR count). The Morgan fingerprint density at radius 3 is 2.74 bits per heavy atom. The van der Waals surface area contributed by atoms with Crippen molar-refractivity contribution in [3.05, 3.63) is 39.1 Å². The number of pyridine rings is 1. The van der Waals surface area contributed by atoms with Crippen molar-refractivity contribution in [2.24, 2.45) is 0 Å². The Bertz CT molecular complexity index is 653. The summed E-state index contributed by atoms with van der Waals surface area (Å²) in [7, 11) is -2.05. The molecule has 0 saturated carbocycles. The summed E-state index contributed by atoms with van der Waals surface area (Å²) in [4.78, 5) is 5.40. The summed E-state index contributed by atoms with van der Waals surface area (Å²) in [5.74, 6) is 0.638. The molecule has 0 aromatic carbocycles. The van der Waals surface area contributed by atoms with Gasteiger partial charge < -0.3 is 5.32 Å². The predicted octanol–water partition coefficient (Wildman–Crippen LogP) is 2.43. The fourth-order valence-corrected chi connectivity index (χ4v) is 3.45. The maximum Gasteiger partial charge on any atom is 0.241 e. The van der Waals surface area contributed by atoms with Gasteiger partial charge in [0.15, 0.2) is 0 Å². The van der Waals surface area contributed by atoms with E-state index >= 15 is 0 Å². The smallest absolute Gasteiger partial charge is 0.241 e. The number of anilines is 1. The second-order valence-corrected chi connectivity index (χ2v) is 7.47. The first-order valence-corrected chi connectivity index (χ1v) is 8.53. The van der Waals surface area contributed by atoms with Gasteiger partial charge in [-0.15, -0.1) is 11.3 Å². The van der Waals surface area contributed by atoms with Gasteiger partial charge in [-0.25, -0.2) is 18.1 Å². The molecule has 2 aromatic rings. The number of hydrogen-bond donors (Lipinski definition) is 2. The number of nitrogens with zero attached hydrogens (tertiary/aromatic N) is 1. The zero-order valence-corrected chi connectivity index (χ0v) is 13.3. The summed E-state index contributed by atoms with van der Waals surface area (Å²) >= 11 is 5.03. The molecule has 19 heavy (non-hydrogen) atoms. The monoisotopic (exact) mass is 361 g/mol. The highest BCUT2D eigenvalue weighted by molar-refractivity contribution is 9.10. The summed E-state index contributed by atoms with van der Waals surface area (Å²) in [5, 5.41) is 5.14. The zero-order chi connectivity index (χ0) is 13.9. The Labute approximate surface area is 124 Å². The van der Waals surface area contributed by atoms with E-state index in [0.717, 1.165) is 4.47 Å². The van der Waals surface area contributed by atoms with Gasteiger partial charge in [0.05, 0.1) is 6.54 Å². The third-order valence-corrected chi connectivity index (χ3v) is 5.48. The Morgan fingerprint density at radius 1 is 1.42 bits per heavy atom. The molecule has 0 saturated heterocycles. The molecule has 8 heteroatoms. The zero-order valence-electron chi connectivity index (χ0n) is 10.1. The maximum absolute atomic E-state index is 11.5.